The zero-order valence-corrected chi connectivity index (χ0v) is 18.5. The molecule has 0 atom stereocenters. The molecule has 1 amide bonds. The van der Waals surface area contributed by atoms with Gasteiger partial charge in [-0.2, -0.15) is 0 Å². The van der Waals surface area contributed by atoms with Gasteiger partial charge < -0.3 is 16.0 Å². The van der Waals surface area contributed by atoms with E-state index in [1.807, 2.05) is 7.05 Å². The van der Waals surface area contributed by atoms with Crippen LogP contribution in [0.1, 0.15) is 23.2 Å². The summed E-state index contributed by atoms with van der Waals surface area (Å²) in [5.41, 5.74) is 7.85. The van der Waals surface area contributed by atoms with E-state index in [9.17, 15) is 13.2 Å². The number of anilines is 2. The molecule has 2 heterocycles. The van der Waals surface area contributed by atoms with Gasteiger partial charge in [-0.25, -0.2) is 18.4 Å². The zero-order valence-electron chi connectivity index (χ0n) is 17.7. The molecule has 0 spiro atoms. The Hall–Kier alpha value is -3.30. The molecule has 1 aliphatic heterocycles. The molecule has 0 bridgehead atoms. The highest BCUT2D eigenvalue weighted by molar-refractivity contribution is 7.92. The van der Waals surface area contributed by atoms with Gasteiger partial charge in [0.15, 0.2) is 9.84 Å². The van der Waals surface area contributed by atoms with Crippen molar-refractivity contribution in [3.63, 3.8) is 0 Å². The first-order valence-electron chi connectivity index (χ1n) is 10.4. The Morgan fingerprint density at radius 1 is 1.03 bits per heavy atom. The lowest BCUT2D eigenvalue weighted by Crippen LogP contribution is -2.37. The number of carbonyl (C=O) groups is 1. The normalized spacial score (nSPS) is 15.4. The summed E-state index contributed by atoms with van der Waals surface area (Å²) in [6, 6.07) is 15.3. The second-order valence-corrected chi connectivity index (χ2v) is 10.1. The Bertz CT molecular complexity index is 1200. The third-order valence-corrected chi connectivity index (χ3v) is 7.94. The van der Waals surface area contributed by atoms with Crippen molar-refractivity contribution < 1.29 is 13.2 Å². The van der Waals surface area contributed by atoms with Crippen molar-refractivity contribution in [2.75, 3.05) is 25.5 Å². The molecule has 1 aromatic heterocycles. The van der Waals surface area contributed by atoms with Gasteiger partial charge in [-0.05, 0) is 75.4 Å². The minimum absolute atomic E-state index is 0.333. The zero-order chi connectivity index (χ0) is 22.7. The lowest BCUT2D eigenvalue weighted by molar-refractivity contribution is 0.100. The number of piperidine rings is 1. The largest absolute Gasteiger partial charge is 0.366 e. The Balaban J connectivity index is 1.50. The number of primary amides is 1. The van der Waals surface area contributed by atoms with Crippen LogP contribution >= 0.6 is 0 Å². The van der Waals surface area contributed by atoms with E-state index in [4.69, 9.17) is 5.73 Å². The lowest BCUT2D eigenvalue weighted by atomic mass is 10.1. The van der Waals surface area contributed by atoms with Crippen molar-refractivity contribution in [3.05, 3.63) is 66.4 Å². The van der Waals surface area contributed by atoms with E-state index >= 15 is 0 Å². The summed E-state index contributed by atoms with van der Waals surface area (Å²) in [6.07, 6.45) is 2.94. The third kappa shape index (κ3) is 4.79. The number of carbonyl (C=O) groups excluding carboxylic acids is 1. The van der Waals surface area contributed by atoms with Crippen molar-refractivity contribution in [2.45, 2.75) is 23.0 Å². The molecule has 1 fully saturated rings. The number of benzene rings is 2. The van der Waals surface area contributed by atoms with E-state index in [0.717, 1.165) is 18.7 Å². The lowest BCUT2D eigenvalue weighted by Gasteiger charge is -2.28. The summed E-state index contributed by atoms with van der Waals surface area (Å²) in [5.74, 6) is -0.103. The minimum Gasteiger partial charge on any atom is -0.366 e. The molecule has 0 unspecified atom stereocenters. The van der Waals surface area contributed by atoms with E-state index in [-0.39, 0.29) is 5.25 Å². The van der Waals surface area contributed by atoms with Crippen LogP contribution in [0.15, 0.2) is 65.7 Å². The number of sulfone groups is 1. The maximum atomic E-state index is 13.0. The second-order valence-electron chi connectivity index (χ2n) is 7.90. The average molecular weight is 452 g/mol. The fourth-order valence-electron chi connectivity index (χ4n) is 3.73. The number of likely N-dealkylation sites (tertiary alicyclic amines) is 1. The predicted octanol–water partition coefficient (Wildman–Crippen LogP) is 2.85. The van der Waals surface area contributed by atoms with Crippen molar-refractivity contribution in [1.82, 2.24) is 14.9 Å². The summed E-state index contributed by atoms with van der Waals surface area (Å²) < 4.78 is 26.0. The fraction of sp³-hybridized carbons (Fsp3) is 0.261. The maximum Gasteiger partial charge on any atom is 0.248 e. The van der Waals surface area contributed by atoms with E-state index < -0.39 is 15.7 Å². The van der Waals surface area contributed by atoms with Crippen molar-refractivity contribution in [2.24, 2.45) is 5.73 Å². The molecule has 1 saturated heterocycles. The van der Waals surface area contributed by atoms with Crippen molar-refractivity contribution >= 4 is 27.4 Å². The maximum absolute atomic E-state index is 13.0. The fourth-order valence-corrected chi connectivity index (χ4v) is 5.46. The summed E-state index contributed by atoms with van der Waals surface area (Å²) in [7, 11) is -1.34. The number of nitrogens with zero attached hydrogens (tertiary/aromatic N) is 3. The topological polar surface area (TPSA) is 118 Å². The Labute approximate surface area is 187 Å². The first-order valence-corrected chi connectivity index (χ1v) is 11.9. The molecule has 32 heavy (non-hydrogen) atoms. The molecule has 9 heteroatoms. The number of amides is 1. The minimum atomic E-state index is -3.35. The number of aromatic nitrogens is 2. The van der Waals surface area contributed by atoms with Gasteiger partial charge in [0, 0.05) is 23.0 Å². The Morgan fingerprint density at radius 2 is 1.69 bits per heavy atom. The molecule has 1 aliphatic rings. The van der Waals surface area contributed by atoms with E-state index in [0.29, 0.717) is 40.6 Å². The van der Waals surface area contributed by atoms with E-state index in [1.54, 1.807) is 60.8 Å². The molecule has 3 aromatic rings. The van der Waals surface area contributed by atoms with Crippen LogP contribution in [0.25, 0.3) is 11.3 Å². The second kappa shape index (κ2) is 9.05. The van der Waals surface area contributed by atoms with Crippen LogP contribution in [-0.2, 0) is 9.84 Å². The molecule has 3 N–H and O–H groups in total. The van der Waals surface area contributed by atoms with Crippen molar-refractivity contribution in [1.29, 1.82) is 0 Å². The van der Waals surface area contributed by atoms with Crippen LogP contribution in [0.5, 0.6) is 0 Å². The predicted molar refractivity (Wildman–Crippen MR) is 123 cm³/mol. The first-order chi connectivity index (χ1) is 15.3. The molecule has 2 aromatic carbocycles. The van der Waals surface area contributed by atoms with Gasteiger partial charge in [0.25, 0.3) is 0 Å². The summed E-state index contributed by atoms with van der Waals surface area (Å²) in [6.45, 7) is 1.59. The molecule has 166 valence electrons. The molecule has 8 nitrogen and oxygen atoms in total. The summed E-state index contributed by atoms with van der Waals surface area (Å²) >= 11 is 0. The van der Waals surface area contributed by atoms with Crippen molar-refractivity contribution in [3.8, 4) is 11.3 Å². The van der Waals surface area contributed by atoms with E-state index in [1.165, 1.54) is 0 Å². The highest BCUT2D eigenvalue weighted by Crippen LogP contribution is 2.27. The number of hydrogen-bond donors (Lipinski definition) is 2. The van der Waals surface area contributed by atoms with Crippen LogP contribution in [0.4, 0.5) is 11.6 Å². The number of rotatable bonds is 6. The molecular formula is C23H25N5O3S. The third-order valence-electron chi connectivity index (χ3n) is 5.66. The Morgan fingerprint density at radius 3 is 2.31 bits per heavy atom. The van der Waals surface area contributed by atoms with Crippen LogP contribution in [0.3, 0.4) is 0 Å². The monoisotopic (exact) mass is 451 g/mol. The summed E-state index contributed by atoms with van der Waals surface area (Å²) in [5, 5.41) is 2.76. The van der Waals surface area contributed by atoms with Gasteiger partial charge in [-0.15, -0.1) is 0 Å². The highest BCUT2D eigenvalue weighted by Gasteiger charge is 2.30. The van der Waals surface area contributed by atoms with Crippen LogP contribution in [0.2, 0.25) is 0 Å². The molecule has 0 saturated carbocycles. The standard InChI is InChI=1S/C23H25N5O3S/c1-28-14-11-20(12-15-28)32(30,31)19-8-4-16(5-9-19)21-10-13-25-23(27-21)26-18-6-2-17(3-7-18)22(24)29/h2-10,13,20H,11-12,14-15H2,1H3,(H2,24,29)(H,25,26,27). The van der Waals surface area contributed by atoms with Crippen LogP contribution in [-0.4, -0.2) is 54.6 Å². The number of hydrogen-bond acceptors (Lipinski definition) is 7. The number of nitrogens with one attached hydrogen (secondary N) is 1. The smallest absolute Gasteiger partial charge is 0.248 e. The molecule has 0 aliphatic carbocycles. The van der Waals surface area contributed by atoms with Crippen LogP contribution in [0, 0.1) is 0 Å². The summed E-state index contributed by atoms with van der Waals surface area (Å²) in [4.78, 5) is 22.4. The quantitative estimate of drug-likeness (QED) is 0.591. The molecular weight excluding hydrogens is 426 g/mol. The van der Waals surface area contributed by atoms with E-state index in [2.05, 4.69) is 20.2 Å². The number of nitrogens with two attached hydrogens (primary N) is 1. The molecule has 4 rings (SSSR count). The van der Waals surface area contributed by atoms with Gasteiger partial charge in [-0.3, -0.25) is 4.79 Å². The first kappa shape index (κ1) is 21.9. The highest BCUT2D eigenvalue weighted by atomic mass is 32.2. The van der Waals surface area contributed by atoms with Crippen LogP contribution < -0.4 is 11.1 Å². The average Bonchev–Trinajstić information content (AvgIpc) is 2.80. The molecule has 0 radical (unpaired) electrons. The SMILES string of the molecule is CN1CCC(S(=O)(=O)c2ccc(-c3ccnc(Nc4ccc(C(N)=O)cc4)n3)cc2)CC1. The van der Waals surface area contributed by atoms with Gasteiger partial charge in [0.05, 0.1) is 15.8 Å². The van der Waals surface area contributed by atoms with Gasteiger partial charge in [0.1, 0.15) is 0 Å². The van der Waals surface area contributed by atoms with Gasteiger partial charge in [0.2, 0.25) is 11.9 Å². The van der Waals surface area contributed by atoms with Gasteiger partial charge in [-0.1, -0.05) is 12.1 Å². The Kier molecular flexibility index (Phi) is 6.20. The van der Waals surface area contributed by atoms with Gasteiger partial charge >= 0.3 is 0 Å².